The smallest absolute Gasteiger partial charge is 0.269 e. The Morgan fingerprint density at radius 2 is 1.86 bits per heavy atom. The van der Waals surface area contributed by atoms with Gasteiger partial charge in [-0.05, 0) is 31.2 Å². The minimum Gasteiger partial charge on any atom is -0.349 e. The largest absolute Gasteiger partial charge is 0.349 e. The summed E-state index contributed by atoms with van der Waals surface area (Å²) in [5.74, 6) is -0.00159. The van der Waals surface area contributed by atoms with Crippen LogP contribution in [-0.2, 0) is 16.4 Å². The third kappa shape index (κ3) is 3.52. The van der Waals surface area contributed by atoms with Crippen molar-refractivity contribution in [2.24, 2.45) is 0 Å². The summed E-state index contributed by atoms with van der Waals surface area (Å²) in [5.41, 5.74) is 1.25. The zero-order valence-corrected chi connectivity index (χ0v) is 16.9. The zero-order chi connectivity index (χ0) is 20.6. The molecule has 3 N–H and O–H groups in total. The van der Waals surface area contributed by atoms with Gasteiger partial charge in [-0.25, -0.2) is 13.4 Å². The molecule has 4 aromatic rings. The van der Waals surface area contributed by atoms with Crippen molar-refractivity contribution >= 4 is 38.2 Å². The summed E-state index contributed by atoms with van der Waals surface area (Å²) in [6, 6.07) is 12.9. The van der Waals surface area contributed by atoms with Crippen molar-refractivity contribution in [2.75, 3.05) is 0 Å². The first kappa shape index (κ1) is 19.2. The van der Waals surface area contributed by atoms with Crippen molar-refractivity contribution in [3.63, 3.8) is 0 Å². The number of carbonyl (C=O) groups excluding carboxylic acids is 1. The number of nitrogens with one attached hydrogen (secondary N) is 3. The van der Waals surface area contributed by atoms with Crippen molar-refractivity contribution < 1.29 is 13.2 Å². The van der Waals surface area contributed by atoms with E-state index in [1.54, 1.807) is 42.6 Å². The predicted octanol–water partition coefficient (Wildman–Crippen LogP) is 3.62. The van der Waals surface area contributed by atoms with Crippen LogP contribution >= 0.6 is 11.6 Å². The Labute approximate surface area is 172 Å². The second-order valence-electron chi connectivity index (χ2n) is 6.50. The molecule has 148 valence electrons. The summed E-state index contributed by atoms with van der Waals surface area (Å²) in [5, 5.41) is 3.23. The van der Waals surface area contributed by atoms with Crippen LogP contribution in [-0.4, -0.2) is 29.3 Å². The average molecular weight is 429 g/mol. The number of hydrogen-bond acceptors (Lipinski definition) is 4. The van der Waals surface area contributed by atoms with Gasteiger partial charge in [0.25, 0.3) is 5.91 Å². The van der Waals surface area contributed by atoms with E-state index in [4.69, 9.17) is 11.6 Å². The van der Waals surface area contributed by atoms with Crippen molar-refractivity contribution in [1.29, 1.82) is 0 Å². The Kier molecular flexibility index (Phi) is 4.89. The van der Waals surface area contributed by atoms with Gasteiger partial charge in [-0.1, -0.05) is 35.9 Å². The van der Waals surface area contributed by atoms with Gasteiger partial charge in [0.05, 0.1) is 16.5 Å². The molecule has 9 heteroatoms. The monoisotopic (exact) mass is 428 g/mol. The average Bonchev–Trinajstić information content (AvgIpc) is 3.31. The van der Waals surface area contributed by atoms with Crippen LogP contribution in [0, 0.1) is 6.92 Å². The Hall–Kier alpha value is -3.10. The minimum absolute atomic E-state index is 0.0692. The Bertz CT molecular complexity index is 1310. The van der Waals surface area contributed by atoms with Crippen molar-refractivity contribution in [3.05, 3.63) is 77.0 Å². The van der Waals surface area contributed by atoms with Crippen LogP contribution < -0.4 is 5.32 Å². The van der Waals surface area contributed by atoms with Crippen LogP contribution in [0.15, 0.2) is 64.5 Å². The van der Waals surface area contributed by atoms with E-state index in [1.165, 1.54) is 12.1 Å². The normalized spacial score (nSPS) is 11.7. The number of aromatic nitrogens is 3. The first-order valence-electron chi connectivity index (χ1n) is 8.77. The first-order chi connectivity index (χ1) is 13.9. The molecule has 2 heterocycles. The number of aryl methyl sites for hydroxylation is 1. The summed E-state index contributed by atoms with van der Waals surface area (Å²) >= 11 is 6.32. The lowest BCUT2D eigenvalue weighted by Gasteiger charge is -2.08. The van der Waals surface area contributed by atoms with E-state index in [0.29, 0.717) is 11.3 Å². The molecular formula is C20H17ClN4O3S. The number of H-pyrrole nitrogens is 2. The summed E-state index contributed by atoms with van der Waals surface area (Å²) in [7, 11) is -4.00. The molecule has 0 aliphatic heterocycles. The molecule has 0 radical (unpaired) electrons. The number of nitrogens with zero attached hydrogens (tertiary/aromatic N) is 1. The molecule has 0 atom stereocenters. The molecule has 0 aliphatic carbocycles. The predicted molar refractivity (Wildman–Crippen MR) is 110 cm³/mol. The molecule has 0 spiro atoms. The van der Waals surface area contributed by atoms with Gasteiger partial charge < -0.3 is 15.3 Å². The Balaban J connectivity index is 1.83. The number of sulfone groups is 1. The number of hydrogen-bond donors (Lipinski definition) is 3. The number of amides is 1. The summed E-state index contributed by atoms with van der Waals surface area (Å²) in [6.45, 7) is 1.98. The maximum Gasteiger partial charge on any atom is 0.269 e. The fourth-order valence-electron chi connectivity index (χ4n) is 3.13. The van der Waals surface area contributed by atoms with Crippen LogP contribution in [0.2, 0.25) is 5.02 Å². The fourth-order valence-corrected chi connectivity index (χ4v) is 5.11. The van der Waals surface area contributed by atoms with E-state index in [0.717, 1.165) is 5.69 Å². The maximum atomic E-state index is 13.4. The lowest BCUT2D eigenvalue weighted by Crippen LogP contribution is -2.25. The molecule has 0 fully saturated rings. The molecule has 0 unspecified atom stereocenters. The van der Waals surface area contributed by atoms with Gasteiger partial charge in [0.2, 0.25) is 9.84 Å². The van der Waals surface area contributed by atoms with Crippen LogP contribution in [0.4, 0.5) is 0 Å². The van der Waals surface area contributed by atoms with Crippen molar-refractivity contribution in [2.45, 2.75) is 23.3 Å². The number of benzene rings is 2. The van der Waals surface area contributed by atoms with E-state index in [1.807, 2.05) is 6.92 Å². The molecule has 0 saturated carbocycles. The lowest BCUT2D eigenvalue weighted by molar-refractivity contribution is 0.0942. The lowest BCUT2D eigenvalue weighted by atomic mass is 10.2. The third-order valence-corrected chi connectivity index (χ3v) is 6.60. The number of aromatic amines is 2. The van der Waals surface area contributed by atoms with Crippen LogP contribution in [0.25, 0.3) is 10.9 Å². The quantitative estimate of drug-likeness (QED) is 0.451. The molecule has 4 rings (SSSR count). The third-order valence-electron chi connectivity index (χ3n) is 4.45. The molecule has 0 saturated heterocycles. The molecule has 29 heavy (non-hydrogen) atoms. The molecule has 7 nitrogen and oxygen atoms in total. The van der Waals surface area contributed by atoms with Crippen molar-refractivity contribution in [1.82, 2.24) is 20.3 Å². The standard InChI is InChI=1S/C20H17ClN4O3S/c1-12-10-22-16(24-12)11-23-20(26)18-19(17-14(21)8-5-9-15(17)25-18)29(27,28)13-6-3-2-4-7-13/h2-10,25H,11H2,1H3,(H,22,24)(H,23,26). The van der Waals surface area contributed by atoms with E-state index in [9.17, 15) is 13.2 Å². The van der Waals surface area contributed by atoms with Crippen LogP contribution in [0.5, 0.6) is 0 Å². The van der Waals surface area contributed by atoms with Gasteiger partial charge in [-0.3, -0.25) is 4.79 Å². The second-order valence-corrected chi connectivity index (χ2v) is 8.80. The maximum absolute atomic E-state index is 13.4. The molecule has 0 bridgehead atoms. The van der Waals surface area contributed by atoms with Crippen LogP contribution in [0.3, 0.4) is 0 Å². The van der Waals surface area contributed by atoms with Gasteiger partial charge in [-0.2, -0.15) is 0 Å². The fraction of sp³-hybridized carbons (Fsp3) is 0.100. The van der Waals surface area contributed by atoms with Crippen LogP contribution in [0.1, 0.15) is 22.0 Å². The molecular weight excluding hydrogens is 412 g/mol. The molecule has 2 aromatic heterocycles. The highest BCUT2D eigenvalue weighted by Gasteiger charge is 2.30. The Morgan fingerprint density at radius 1 is 1.10 bits per heavy atom. The molecule has 0 aliphatic rings. The van der Waals surface area contributed by atoms with Gasteiger partial charge in [-0.15, -0.1) is 0 Å². The summed E-state index contributed by atoms with van der Waals surface area (Å²) in [4.78, 5) is 22.9. The van der Waals surface area contributed by atoms with Gasteiger partial charge in [0, 0.05) is 22.8 Å². The highest BCUT2D eigenvalue weighted by molar-refractivity contribution is 7.91. The van der Waals surface area contributed by atoms with Gasteiger partial charge in [0.15, 0.2) is 0 Å². The summed E-state index contributed by atoms with van der Waals surface area (Å²) < 4.78 is 26.8. The summed E-state index contributed by atoms with van der Waals surface area (Å²) in [6.07, 6.45) is 1.65. The highest BCUT2D eigenvalue weighted by atomic mass is 35.5. The van der Waals surface area contributed by atoms with Crippen molar-refractivity contribution in [3.8, 4) is 0 Å². The minimum atomic E-state index is -4.00. The van der Waals surface area contributed by atoms with E-state index < -0.39 is 15.7 Å². The Morgan fingerprint density at radius 3 is 2.55 bits per heavy atom. The zero-order valence-electron chi connectivity index (χ0n) is 15.4. The van der Waals surface area contributed by atoms with Gasteiger partial charge in [0.1, 0.15) is 16.4 Å². The number of fused-ring (bicyclic) bond motifs is 1. The number of carbonyl (C=O) groups is 1. The van der Waals surface area contributed by atoms with E-state index in [-0.39, 0.29) is 32.4 Å². The number of imidazole rings is 1. The number of halogens is 1. The van der Waals surface area contributed by atoms with E-state index in [2.05, 4.69) is 20.3 Å². The molecule has 1 amide bonds. The van der Waals surface area contributed by atoms with E-state index >= 15 is 0 Å². The highest BCUT2D eigenvalue weighted by Crippen LogP contribution is 2.36. The SMILES string of the molecule is Cc1cnc(CNC(=O)c2[nH]c3cccc(Cl)c3c2S(=O)(=O)c2ccccc2)[nH]1. The number of rotatable bonds is 5. The second kappa shape index (κ2) is 7.38. The first-order valence-corrected chi connectivity index (χ1v) is 10.6. The van der Waals surface area contributed by atoms with Gasteiger partial charge >= 0.3 is 0 Å². The molecule has 2 aromatic carbocycles. The topological polar surface area (TPSA) is 108 Å².